The van der Waals surface area contributed by atoms with Crippen molar-refractivity contribution in [3.63, 3.8) is 0 Å². The lowest BCUT2D eigenvalue weighted by Crippen LogP contribution is -2.01. The second-order valence-corrected chi connectivity index (χ2v) is 6.63. The average Bonchev–Trinajstić information content (AvgIpc) is 2.90. The fourth-order valence-electron chi connectivity index (χ4n) is 2.22. The zero-order valence-electron chi connectivity index (χ0n) is 10.6. The van der Waals surface area contributed by atoms with Gasteiger partial charge in [-0.25, -0.2) is 0 Å². The van der Waals surface area contributed by atoms with E-state index in [-0.39, 0.29) is 5.78 Å². The number of rotatable bonds is 3. The average molecular weight is 290 g/mol. The smallest absolute Gasteiger partial charge is 0.206 e. The van der Waals surface area contributed by atoms with Crippen molar-refractivity contribution >= 4 is 28.9 Å². The summed E-state index contributed by atoms with van der Waals surface area (Å²) < 4.78 is 5.27. The molecule has 19 heavy (non-hydrogen) atoms. The zero-order chi connectivity index (χ0) is 13.2. The molecule has 0 radical (unpaired) electrons. The monoisotopic (exact) mass is 290 g/mol. The number of ketones is 1. The topological polar surface area (TPSA) is 26.3 Å². The van der Waals surface area contributed by atoms with Gasteiger partial charge in [0.2, 0.25) is 5.78 Å². The van der Waals surface area contributed by atoms with Gasteiger partial charge in [0.25, 0.3) is 0 Å². The first-order valence-corrected chi connectivity index (χ1v) is 8.14. The van der Waals surface area contributed by atoms with Crippen molar-refractivity contribution in [2.75, 3.05) is 12.9 Å². The molecule has 1 aromatic carbocycles. The Labute approximate surface area is 120 Å². The lowest BCUT2D eigenvalue weighted by Gasteiger charge is -2.08. The van der Waals surface area contributed by atoms with Crippen LogP contribution in [0.2, 0.25) is 0 Å². The van der Waals surface area contributed by atoms with Crippen LogP contribution in [0.15, 0.2) is 30.3 Å². The van der Waals surface area contributed by atoms with Crippen molar-refractivity contribution < 1.29 is 9.53 Å². The second-order valence-electron chi connectivity index (χ2n) is 4.39. The van der Waals surface area contributed by atoms with E-state index >= 15 is 0 Å². The van der Waals surface area contributed by atoms with Crippen LogP contribution in [-0.4, -0.2) is 18.6 Å². The number of aryl methyl sites for hydroxylation is 1. The van der Waals surface area contributed by atoms with Gasteiger partial charge in [0, 0.05) is 10.6 Å². The molecule has 2 nitrogen and oxygen atoms in total. The number of ether oxygens (including phenoxy) is 1. The Morgan fingerprint density at radius 3 is 2.95 bits per heavy atom. The molecule has 1 aliphatic rings. The molecular formula is C15H14O2S2. The molecule has 1 aromatic heterocycles. The standard InChI is InChI=1S/C15H14O2S2/c1-17-12-5-3-2-4-11(12)15(16)14-8-10-9-18-7-6-13(10)19-14/h2-5,8H,6-7,9H2,1H3. The quantitative estimate of drug-likeness (QED) is 0.805. The lowest BCUT2D eigenvalue weighted by molar-refractivity contribution is 0.103. The van der Waals surface area contributed by atoms with Gasteiger partial charge in [0.1, 0.15) is 5.75 Å². The van der Waals surface area contributed by atoms with Gasteiger partial charge in [-0.15, -0.1) is 11.3 Å². The Kier molecular flexibility index (Phi) is 3.62. The molecule has 0 N–H and O–H groups in total. The number of fused-ring (bicyclic) bond motifs is 1. The number of hydrogen-bond acceptors (Lipinski definition) is 4. The van der Waals surface area contributed by atoms with Gasteiger partial charge in [-0.05, 0) is 35.9 Å². The maximum Gasteiger partial charge on any atom is 0.206 e. The van der Waals surface area contributed by atoms with Gasteiger partial charge in [-0.2, -0.15) is 11.8 Å². The van der Waals surface area contributed by atoms with Crippen LogP contribution in [0.1, 0.15) is 25.7 Å². The Bertz CT molecular complexity index is 593. The van der Waals surface area contributed by atoms with E-state index in [4.69, 9.17) is 4.74 Å². The number of benzene rings is 1. The Morgan fingerprint density at radius 2 is 2.16 bits per heavy atom. The summed E-state index contributed by atoms with van der Waals surface area (Å²) >= 11 is 3.58. The summed E-state index contributed by atoms with van der Waals surface area (Å²) in [4.78, 5) is 14.8. The number of hydrogen-bond donors (Lipinski definition) is 0. The van der Waals surface area contributed by atoms with Crippen molar-refractivity contribution in [2.45, 2.75) is 12.2 Å². The van der Waals surface area contributed by atoms with Gasteiger partial charge in [0.15, 0.2) is 0 Å². The predicted molar refractivity (Wildman–Crippen MR) is 80.6 cm³/mol. The SMILES string of the molecule is COc1ccccc1C(=O)c1cc2c(s1)CCSC2. The van der Waals surface area contributed by atoms with E-state index in [1.54, 1.807) is 18.4 Å². The second kappa shape index (κ2) is 5.39. The van der Waals surface area contributed by atoms with Crippen molar-refractivity contribution in [1.29, 1.82) is 0 Å². The molecule has 0 unspecified atom stereocenters. The summed E-state index contributed by atoms with van der Waals surface area (Å²) in [7, 11) is 1.60. The van der Waals surface area contributed by atoms with Crippen LogP contribution >= 0.6 is 23.1 Å². The summed E-state index contributed by atoms with van der Waals surface area (Å²) in [5.74, 6) is 2.91. The molecular weight excluding hydrogens is 276 g/mol. The zero-order valence-corrected chi connectivity index (χ0v) is 12.3. The molecule has 0 spiro atoms. The first kappa shape index (κ1) is 12.8. The van der Waals surface area contributed by atoms with Crippen LogP contribution < -0.4 is 4.74 Å². The third kappa shape index (κ3) is 2.42. The van der Waals surface area contributed by atoms with Crippen molar-refractivity contribution in [3.8, 4) is 5.75 Å². The molecule has 3 rings (SSSR count). The fraction of sp³-hybridized carbons (Fsp3) is 0.267. The van der Waals surface area contributed by atoms with E-state index in [2.05, 4.69) is 6.07 Å². The lowest BCUT2D eigenvalue weighted by atomic mass is 10.1. The maximum atomic E-state index is 12.6. The third-order valence-corrected chi connectivity index (χ3v) is 5.45. The van der Waals surface area contributed by atoms with Crippen LogP contribution in [0.5, 0.6) is 5.75 Å². The molecule has 0 bridgehead atoms. The van der Waals surface area contributed by atoms with E-state index in [0.29, 0.717) is 11.3 Å². The first-order valence-electron chi connectivity index (χ1n) is 6.16. The molecule has 2 heterocycles. The van der Waals surface area contributed by atoms with Crippen LogP contribution in [0.4, 0.5) is 0 Å². The van der Waals surface area contributed by atoms with E-state index in [1.807, 2.05) is 36.0 Å². The molecule has 0 saturated heterocycles. The molecule has 98 valence electrons. The van der Waals surface area contributed by atoms with Crippen LogP contribution in [0, 0.1) is 0 Å². The van der Waals surface area contributed by atoms with Gasteiger partial charge in [-0.3, -0.25) is 4.79 Å². The van der Waals surface area contributed by atoms with Crippen molar-refractivity contribution in [2.24, 2.45) is 0 Å². The molecule has 0 atom stereocenters. The number of carbonyl (C=O) groups is 1. The summed E-state index contributed by atoms with van der Waals surface area (Å²) in [5, 5.41) is 0. The molecule has 2 aromatic rings. The van der Waals surface area contributed by atoms with Gasteiger partial charge < -0.3 is 4.74 Å². The summed E-state index contributed by atoms with van der Waals surface area (Å²) in [5.41, 5.74) is 1.98. The fourth-order valence-corrected chi connectivity index (χ4v) is 4.55. The Balaban J connectivity index is 1.97. The van der Waals surface area contributed by atoms with Crippen molar-refractivity contribution in [1.82, 2.24) is 0 Å². The highest BCUT2D eigenvalue weighted by atomic mass is 32.2. The van der Waals surface area contributed by atoms with E-state index in [1.165, 1.54) is 10.4 Å². The Hall–Kier alpha value is -1.26. The minimum atomic E-state index is 0.0712. The largest absolute Gasteiger partial charge is 0.496 e. The van der Waals surface area contributed by atoms with Gasteiger partial charge in [-0.1, -0.05) is 12.1 Å². The van der Waals surface area contributed by atoms with E-state index < -0.39 is 0 Å². The molecule has 4 heteroatoms. The van der Waals surface area contributed by atoms with Gasteiger partial charge >= 0.3 is 0 Å². The van der Waals surface area contributed by atoms with Crippen molar-refractivity contribution in [3.05, 3.63) is 51.2 Å². The van der Waals surface area contributed by atoms with Crippen LogP contribution in [0.25, 0.3) is 0 Å². The number of carbonyl (C=O) groups excluding carboxylic acids is 1. The molecule has 1 aliphatic heterocycles. The summed E-state index contributed by atoms with van der Waals surface area (Å²) in [6, 6.07) is 9.47. The number of thiophene rings is 1. The predicted octanol–water partition coefficient (Wildman–Crippen LogP) is 3.78. The molecule has 0 aliphatic carbocycles. The maximum absolute atomic E-state index is 12.6. The molecule has 0 amide bonds. The minimum absolute atomic E-state index is 0.0712. The first-order chi connectivity index (χ1) is 9.29. The van der Waals surface area contributed by atoms with E-state index in [9.17, 15) is 4.79 Å². The Morgan fingerprint density at radius 1 is 1.32 bits per heavy atom. The highest BCUT2D eigenvalue weighted by Gasteiger charge is 2.20. The molecule has 0 fully saturated rings. The summed E-state index contributed by atoms with van der Waals surface area (Å²) in [6.45, 7) is 0. The normalized spacial score (nSPS) is 13.9. The number of para-hydroxylation sites is 1. The number of thioether (sulfide) groups is 1. The van der Waals surface area contributed by atoms with E-state index in [0.717, 1.165) is 22.8 Å². The number of methoxy groups -OCH3 is 1. The van der Waals surface area contributed by atoms with Crippen LogP contribution in [0.3, 0.4) is 0 Å². The molecule has 0 saturated carbocycles. The third-order valence-electron chi connectivity index (χ3n) is 3.20. The highest BCUT2D eigenvalue weighted by Crippen LogP contribution is 2.33. The van der Waals surface area contributed by atoms with Gasteiger partial charge in [0.05, 0.1) is 17.6 Å². The minimum Gasteiger partial charge on any atom is -0.496 e. The summed E-state index contributed by atoms with van der Waals surface area (Å²) in [6.07, 6.45) is 1.09. The van der Waals surface area contributed by atoms with Crippen LogP contribution in [-0.2, 0) is 12.2 Å². The highest BCUT2D eigenvalue weighted by molar-refractivity contribution is 7.98.